The molecule has 2 aliphatic rings. The Labute approximate surface area is 171 Å². The van der Waals surface area contributed by atoms with E-state index < -0.39 is 0 Å². The lowest BCUT2D eigenvalue weighted by Gasteiger charge is -2.38. The average Bonchev–Trinajstić information content (AvgIpc) is 3.15. The van der Waals surface area contributed by atoms with Crippen LogP contribution in [-0.4, -0.2) is 20.8 Å². The van der Waals surface area contributed by atoms with E-state index in [9.17, 15) is 5.11 Å². The first kappa shape index (κ1) is 17.3. The minimum absolute atomic E-state index is 0.0290. The molecule has 5 nitrogen and oxygen atoms in total. The predicted octanol–water partition coefficient (Wildman–Crippen LogP) is 5.10. The Balaban J connectivity index is 1.63. The van der Waals surface area contributed by atoms with Crippen LogP contribution < -0.4 is 4.74 Å². The lowest BCUT2D eigenvalue weighted by molar-refractivity contribution is -0.0192. The van der Waals surface area contributed by atoms with Gasteiger partial charge in [-0.1, -0.05) is 33.6 Å². The SMILES string of the molecule is Cc1ccc(O)c(C2=NN3[C@@H](C2)c2cc(Br)ccc2O[C@H]3c2cccnc2)c1. The Morgan fingerprint density at radius 1 is 1.18 bits per heavy atom. The summed E-state index contributed by atoms with van der Waals surface area (Å²) in [5.41, 5.74) is 4.75. The number of aromatic hydroxyl groups is 1. The van der Waals surface area contributed by atoms with Crippen LogP contribution in [0.25, 0.3) is 0 Å². The topological polar surface area (TPSA) is 58.0 Å². The number of hydrogen-bond acceptors (Lipinski definition) is 5. The molecule has 2 aromatic carbocycles. The van der Waals surface area contributed by atoms with E-state index in [0.29, 0.717) is 6.42 Å². The van der Waals surface area contributed by atoms with Crippen LogP contribution in [0.4, 0.5) is 0 Å². The minimum Gasteiger partial charge on any atom is -0.507 e. The third kappa shape index (κ3) is 2.85. The van der Waals surface area contributed by atoms with Crippen molar-refractivity contribution in [2.75, 3.05) is 0 Å². The van der Waals surface area contributed by atoms with Crippen molar-refractivity contribution in [3.63, 3.8) is 0 Å². The number of hydrazone groups is 1. The van der Waals surface area contributed by atoms with E-state index in [1.165, 1.54) is 0 Å². The van der Waals surface area contributed by atoms with Gasteiger partial charge in [0, 0.05) is 40.0 Å². The third-order valence-electron chi connectivity index (χ3n) is 5.18. The summed E-state index contributed by atoms with van der Waals surface area (Å²) in [6.45, 7) is 2.01. The molecular formula is C22H18BrN3O2. The van der Waals surface area contributed by atoms with Gasteiger partial charge < -0.3 is 9.84 Å². The number of phenolic OH excluding ortho intramolecular Hbond substituents is 1. The second-order valence-electron chi connectivity index (χ2n) is 7.11. The van der Waals surface area contributed by atoms with Gasteiger partial charge in [-0.3, -0.25) is 4.98 Å². The van der Waals surface area contributed by atoms with Gasteiger partial charge in [-0.15, -0.1) is 0 Å². The van der Waals surface area contributed by atoms with Crippen molar-refractivity contribution in [2.45, 2.75) is 25.6 Å². The molecule has 0 amide bonds. The first-order valence-corrected chi connectivity index (χ1v) is 9.91. The molecular weight excluding hydrogens is 418 g/mol. The normalized spacial score (nSPS) is 20.2. The van der Waals surface area contributed by atoms with E-state index in [1.54, 1.807) is 12.3 Å². The van der Waals surface area contributed by atoms with Crippen molar-refractivity contribution in [1.82, 2.24) is 9.99 Å². The number of hydrogen-bond donors (Lipinski definition) is 1. The first-order valence-electron chi connectivity index (χ1n) is 9.12. The molecule has 28 heavy (non-hydrogen) atoms. The molecule has 6 heteroatoms. The molecule has 0 aliphatic carbocycles. The fourth-order valence-corrected chi connectivity index (χ4v) is 4.22. The molecule has 140 valence electrons. The van der Waals surface area contributed by atoms with Gasteiger partial charge in [0.2, 0.25) is 6.23 Å². The Morgan fingerprint density at radius 2 is 2.07 bits per heavy atom. The van der Waals surface area contributed by atoms with E-state index in [1.807, 2.05) is 54.5 Å². The lowest BCUT2D eigenvalue weighted by Crippen LogP contribution is -2.33. The van der Waals surface area contributed by atoms with E-state index in [4.69, 9.17) is 9.84 Å². The van der Waals surface area contributed by atoms with Crippen molar-refractivity contribution in [2.24, 2.45) is 5.10 Å². The second-order valence-corrected chi connectivity index (χ2v) is 8.02. The second kappa shape index (κ2) is 6.63. The number of aromatic nitrogens is 1. The fraction of sp³-hybridized carbons (Fsp3) is 0.182. The molecule has 2 atom stereocenters. The summed E-state index contributed by atoms with van der Waals surface area (Å²) in [4.78, 5) is 4.24. The van der Waals surface area contributed by atoms with Gasteiger partial charge in [0.15, 0.2) is 0 Å². The van der Waals surface area contributed by atoms with Gasteiger partial charge >= 0.3 is 0 Å². The highest BCUT2D eigenvalue weighted by molar-refractivity contribution is 9.10. The first-order chi connectivity index (χ1) is 13.6. The fourth-order valence-electron chi connectivity index (χ4n) is 3.84. The maximum atomic E-state index is 10.4. The molecule has 2 aliphatic heterocycles. The van der Waals surface area contributed by atoms with Crippen LogP contribution in [0.2, 0.25) is 0 Å². The molecule has 1 N–H and O–H groups in total. The third-order valence-corrected chi connectivity index (χ3v) is 5.68. The standard InChI is InChI=1S/C22H18BrN3O2/c1-13-4-6-20(27)16(9-13)18-11-19-17-10-15(23)5-7-21(17)28-22(26(19)25-18)14-3-2-8-24-12-14/h2-10,12,19,22,27H,11H2,1H3/t19-,22-/m0/s1. The molecule has 0 spiro atoms. The summed E-state index contributed by atoms with van der Waals surface area (Å²) in [5.74, 6) is 1.10. The Hall–Kier alpha value is -2.86. The van der Waals surface area contributed by atoms with Gasteiger partial charge in [-0.25, -0.2) is 5.01 Å². The van der Waals surface area contributed by atoms with E-state index >= 15 is 0 Å². The molecule has 0 fully saturated rings. The van der Waals surface area contributed by atoms with Crippen molar-refractivity contribution >= 4 is 21.6 Å². The molecule has 0 bridgehead atoms. The van der Waals surface area contributed by atoms with Gasteiger partial charge in [0.25, 0.3) is 0 Å². The van der Waals surface area contributed by atoms with E-state index in [0.717, 1.165) is 38.2 Å². The Kier molecular flexibility index (Phi) is 4.09. The summed E-state index contributed by atoms with van der Waals surface area (Å²) >= 11 is 3.57. The molecule has 1 aromatic heterocycles. The van der Waals surface area contributed by atoms with Crippen LogP contribution in [-0.2, 0) is 0 Å². The highest BCUT2D eigenvalue weighted by Crippen LogP contribution is 2.48. The number of pyridine rings is 1. The summed E-state index contributed by atoms with van der Waals surface area (Å²) in [6.07, 6.45) is 3.89. The van der Waals surface area contributed by atoms with Crippen LogP contribution in [0.15, 0.2) is 70.5 Å². The predicted molar refractivity (Wildman–Crippen MR) is 110 cm³/mol. The van der Waals surface area contributed by atoms with Crippen LogP contribution in [0.1, 0.15) is 40.9 Å². The Bertz CT molecular complexity index is 1080. The van der Waals surface area contributed by atoms with Crippen molar-refractivity contribution in [3.8, 4) is 11.5 Å². The zero-order valence-electron chi connectivity index (χ0n) is 15.2. The monoisotopic (exact) mass is 435 g/mol. The zero-order chi connectivity index (χ0) is 19.3. The van der Waals surface area contributed by atoms with Gasteiger partial charge in [0.1, 0.15) is 11.5 Å². The van der Waals surface area contributed by atoms with Gasteiger partial charge in [-0.2, -0.15) is 5.10 Å². The molecule has 5 rings (SSSR count). The van der Waals surface area contributed by atoms with Crippen LogP contribution in [0, 0.1) is 6.92 Å². The number of ether oxygens (including phenoxy) is 1. The largest absolute Gasteiger partial charge is 0.507 e. The van der Waals surface area contributed by atoms with Gasteiger partial charge in [0.05, 0.1) is 11.8 Å². The molecule has 0 saturated carbocycles. The number of rotatable bonds is 2. The van der Waals surface area contributed by atoms with Crippen LogP contribution in [0.3, 0.4) is 0 Å². The van der Waals surface area contributed by atoms with Crippen molar-refractivity contribution in [3.05, 3.63) is 87.7 Å². The number of fused-ring (bicyclic) bond motifs is 3. The lowest BCUT2D eigenvalue weighted by atomic mass is 9.95. The molecule has 3 aromatic rings. The molecule has 3 heterocycles. The summed E-state index contributed by atoms with van der Waals surface area (Å²) in [7, 11) is 0. The Morgan fingerprint density at radius 3 is 2.89 bits per heavy atom. The molecule has 0 unspecified atom stereocenters. The van der Waals surface area contributed by atoms with Gasteiger partial charge in [-0.05, 0) is 43.3 Å². The molecule has 0 saturated heterocycles. The highest BCUT2D eigenvalue weighted by Gasteiger charge is 2.41. The minimum atomic E-state index is -0.364. The highest BCUT2D eigenvalue weighted by atomic mass is 79.9. The average molecular weight is 436 g/mol. The van der Waals surface area contributed by atoms with E-state index in [2.05, 4.69) is 27.0 Å². The number of nitrogens with zero attached hydrogens (tertiary/aromatic N) is 3. The number of halogens is 1. The summed E-state index contributed by atoms with van der Waals surface area (Å²) in [5, 5.41) is 17.3. The maximum Gasteiger partial charge on any atom is 0.215 e. The summed E-state index contributed by atoms with van der Waals surface area (Å²) < 4.78 is 7.32. The van der Waals surface area contributed by atoms with Crippen LogP contribution in [0.5, 0.6) is 11.5 Å². The van der Waals surface area contributed by atoms with Crippen molar-refractivity contribution in [1.29, 1.82) is 0 Å². The quantitative estimate of drug-likeness (QED) is 0.608. The molecule has 0 radical (unpaired) electrons. The number of phenols is 1. The maximum absolute atomic E-state index is 10.4. The zero-order valence-corrected chi connectivity index (χ0v) is 16.8. The van der Waals surface area contributed by atoms with E-state index in [-0.39, 0.29) is 18.0 Å². The smallest absolute Gasteiger partial charge is 0.215 e. The number of aryl methyl sites for hydroxylation is 1. The van der Waals surface area contributed by atoms with Crippen molar-refractivity contribution < 1.29 is 9.84 Å². The summed E-state index contributed by atoms with van der Waals surface area (Å²) in [6, 6.07) is 15.6. The van der Waals surface area contributed by atoms with Crippen LogP contribution >= 0.6 is 15.9 Å². The number of benzene rings is 2.